The molecule has 0 spiro atoms. The van der Waals surface area contributed by atoms with Crippen molar-refractivity contribution in [2.45, 2.75) is 25.7 Å². The lowest BCUT2D eigenvalue weighted by atomic mass is 9.95. The van der Waals surface area contributed by atoms with Gasteiger partial charge in [-0.05, 0) is 36.8 Å². The maximum Gasteiger partial charge on any atom is 0.324 e. The topological polar surface area (TPSA) is 66.6 Å². The molecule has 5 heteroatoms. The first-order chi connectivity index (χ1) is 10.1. The molecule has 2 N–H and O–H groups in total. The second-order valence-corrected chi connectivity index (χ2v) is 5.94. The number of primary amides is 1. The van der Waals surface area contributed by atoms with Crippen molar-refractivity contribution in [3.8, 4) is 0 Å². The third kappa shape index (κ3) is 2.86. The Balaban J connectivity index is 1.70. The number of likely N-dealkylation sites (tertiary alicyclic amines) is 1. The smallest absolute Gasteiger partial charge is 0.324 e. The zero-order valence-corrected chi connectivity index (χ0v) is 12.1. The second-order valence-electron chi connectivity index (χ2n) is 5.94. The summed E-state index contributed by atoms with van der Waals surface area (Å²) < 4.78 is 0. The molecular weight excluding hydrogens is 266 g/mol. The van der Waals surface area contributed by atoms with Gasteiger partial charge in [-0.2, -0.15) is 0 Å². The number of nitrogens with zero attached hydrogens (tertiary/aromatic N) is 2. The lowest BCUT2D eigenvalue weighted by Gasteiger charge is -2.35. The lowest BCUT2D eigenvalue weighted by molar-refractivity contribution is -0.119. The number of urea groups is 1. The van der Waals surface area contributed by atoms with Gasteiger partial charge in [0.15, 0.2) is 0 Å². The van der Waals surface area contributed by atoms with Gasteiger partial charge in [0.25, 0.3) is 0 Å². The maximum atomic E-state index is 12.7. The highest BCUT2D eigenvalue weighted by atomic mass is 16.2. The highest BCUT2D eigenvalue weighted by molar-refractivity contribution is 5.94. The molecule has 0 unspecified atom stereocenters. The molecule has 0 aromatic heterocycles. The minimum Gasteiger partial charge on any atom is -0.370 e. The van der Waals surface area contributed by atoms with Gasteiger partial charge in [0.1, 0.15) is 0 Å². The average Bonchev–Trinajstić information content (AvgIpc) is 2.90. The molecule has 1 saturated heterocycles. The third-order valence-electron chi connectivity index (χ3n) is 4.40. The summed E-state index contributed by atoms with van der Waals surface area (Å²) >= 11 is 0. The quantitative estimate of drug-likeness (QED) is 0.900. The summed E-state index contributed by atoms with van der Waals surface area (Å²) in [5.41, 5.74) is 7.54. The first-order valence-electron chi connectivity index (χ1n) is 7.58. The molecule has 0 aliphatic carbocycles. The minimum absolute atomic E-state index is 0.0640. The fourth-order valence-electron chi connectivity index (χ4n) is 3.40. The van der Waals surface area contributed by atoms with Gasteiger partial charge in [0.2, 0.25) is 5.91 Å². The summed E-state index contributed by atoms with van der Waals surface area (Å²) in [6.45, 7) is 2.16. The van der Waals surface area contributed by atoms with E-state index in [2.05, 4.69) is 6.07 Å². The monoisotopic (exact) mass is 287 g/mol. The predicted octanol–water partition coefficient (Wildman–Crippen LogP) is 1.76. The predicted molar refractivity (Wildman–Crippen MR) is 81.0 cm³/mol. The average molecular weight is 287 g/mol. The van der Waals surface area contributed by atoms with Gasteiger partial charge in [0, 0.05) is 31.7 Å². The molecule has 0 saturated carbocycles. The highest BCUT2D eigenvalue weighted by Crippen LogP contribution is 2.29. The van der Waals surface area contributed by atoms with Gasteiger partial charge >= 0.3 is 6.03 Å². The first-order valence-corrected chi connectivity index (χ1v) is 7.58. The number of fused-ring (bicyclic) bond motifs is 1. The molecular formula is C16H21N3O2. The summed E-state index contributed by atoms with van der Waals surface area (Å²) in [4.78, 5) is 27.5. The molecule has 2 heterocycles. The molecule has 5 nitrogen and oxygen atoms in total. The van der Waals surface area contributed by atoms with Crippen LogP contribution in [0.2, 0.25) is 0 Å². The van der Waals surface area contributed by atoms with Crippen molar-refractivity contribution >= 4 is 17.6 Å². The molecule has 21 heavy (non-hydrogen) atoms. The zero-order chi connectivity index (χ0) is 14.8. The summed E-state index contributed by atoms with van der Waals surface area (Å²) in [6, 6.07) is 8.13. The van der Waals surface area contributed by atoms with Gasteiger partial charge in [-0.25, -0.2) is 4.79 Å². The Kier molecular flexibility index (Phi) is 3.82. The number of amides is 3. The van der Waals surface area contributed by atoms with Gasteiger partial charge < -0.3 is 10.6 Å². The van der Waals surface area contributed by atoms with E-state index in [4.69, 9.17) is 5.73 Å². The maximum absolute atomic E-state index is 12.7. The molecule has 3 amide bonds. The summed E-state index contributed by atoms with van der Waals surface area (Å²) in [5.74, 6) is -0.0705. The molecule has 3 rings (SSSR count). The van der Waals surface area contributed by atoms with Crippen molar-refractivity contribution in [2.24, 2.45) is 11.7 Å². The van der Waals surface area contributed by atoms with Crippen LogP contribution in [-0.4, -0.2) is 36.5 Å². The summed E-state index contributed by atoms with van der Waals surface area (Å²) in [5, 5.41) is 0. The molecule has 0 radical (unpaired) electrons. The van der Waals surface area contributed by atoms with E-state index in [1.807, 2.05) is 28.0 Å². The number of piperidine rings is 1. The van der Waals surface area contributed by atoms with E-state index in [1.165, 1.54) is 5.56 Å². The van der Waals surface area contributed by atoms with E-state index >= 15 is 0 Å². The number of hydrogen-bond acceptors (Lipinski definition) is 2. The normalized spacial score (nSPS) is 21.2. The van der Waals surface area contributed by atoms with Crippen molar-refractivity contribution in [3.05, 3.63) is 29.8 Å². The number of carbonyl (C=O) groups excluding carboxylic acids is 2. The van der Waals surface area contributed by atoms with Crippen molar-refractivity contribution in [3.63, 3.8) is 0 Å². The van der Waals surface area contributed by atoms with Crippen LogP contribution in [0.3, 0.4) is 0 Å². The molecule has 1 fully saturated rings. The SMILES string of the molecule is NC(=O)C[C@H]1CCCN(C(=O)N2CCc3ccccc32)C1. The highest BCUT2D eigenvalue weighted by Gasteiger charge is 2.31. The van der Waals surface area contributed by atoms with Crippen molar-refractivity contribution in [1.29, 1.82) is 0 Å². The Morgan fingerprint density at radius 3 is 2.86 bits per heavy atom. The van der Waals surface area contributed by atoms with Gasteiger partial charge in [-0.3, -0.25) is 9.69 Å². The fourth-order valence-corrected chi connectivity index (χ4v) is 3.40. The molecule has 0 bridgehead atoms. The van der Waals surface area contributed by atoms with Crippen LogP contribution in [0, 0.1) is 5.92 Å². The Bertz CT molecular complexity index is 558. The summed E-state index contributed by atoms with van der Waals surface area (Å²) in [7, 11) is 0. The number of hydrogen-bond donors (Lipinski definition) is 1. The van der Waals surface area contributed by atoms with Crippen LogP contribution >= 0.6 is 0 Å². The van der Waals surface area contributed by atoms with Crippen LogP contribution in [0.1, 0.15) is 24.8 Å². The molecule has 1 aromatic rings. The second kappa shape index (κ2) is 5.76. The van der Waals surface area contributed by atoms with Crippen LogP contribution < -0.4 is 10.6 Å². The number of anilines is 1. The molecule has 1 atom stereocenters. The Morgan fingerprint density at radius 1 is 1.24 bits per heavy atom. The third-order valence-corrected chi connectivity index (χ3v) is 4.40. The van der Waals surface area contributed by atoms with Crippen molar-refractivity contribution < 1.29 is 9.59 Å². The lowest BCUT2D eigenvalue weighted by Crippen LogP contribution is -2.47. The van der Waals surface area contributed by atoms with E-state index in [0.717, 1.165) is 38.0 Å². The minimum atomic E-state index is -0.277. The zero-order valence-electron chi connectivity index (χ0n) is 12.1. The van der Waals surface area contributed by atoms with Crippen LogP contribution in [0.15, 0.2) is 24.3 Å². The number of carbonyl (C=O) groups is 2. The summed E-state index contributed by atoms with van der Waals surface area (Å²) in [6.07, 6.45) is 3.21. The van der Waals surface area contributed by atoms with Gasteiger partial charge in [-0.1, -0.05) is 18.2 Å². The van der Waals surface area contributed by atoms with E-state index in [9.17, 15) is 9.59 Å². The number of para-hydroxylation sites is 1. The van der Waals surface area contributed by atoms with Crippen LogP contribution in [0.5, 0.6) is 0 Å². The Morgan fingerprint density at radius 2 is 2.05 bits per heavy atom. The van der Waals surface area contributed by atoms with E-state index in [0.29, 0.717) is 13.0 Å². The molecule has 112 valence electrons. The van der Waals surface area contributed by atoms with Crippen LogP contribution in [-0.2, 0) is 11.2 Å². The largest absolute Gasteiger partial charge is 0.370 e. The van der Waals surface area contributed by atoms with Crippen LogP contribution in [0.25, 0.3) is 0 Å². The Hall–Kier alpha value is -2.04. The van der Waals surface area contributed by atoms with E-state index in [1.54, 1.807) is 0 Å². The van der Waals surface area contributed by atoms with Gasteiger partial charge in [-0.15, -0.1) is 0 Å². The van der Waals surface area contributed by atoms with Crippen LogP contribution in [0.4, 0.5) is 10.5 Å². The van der Waals surface area contributed by atoms with Gasteiger partial charge in [0.05, 0.1) is 0 Å². The van der Waals surface area contributed by atoms with Crippen molar-refractivity contribution in [2.75, 3.05) is 24.5 Å². The van der Waals surface area contributed by atoms with E-state index < -0.39 is 0 Å². The molecule has 2 aliphatic heterocycles. The molecule has 2 aliphatic rings. The van der Waals surface area contributed by atoms with E-state index in [-0.39, 0.29) is 17.9 Å². The Labute approximate surface area is 124 Å². The number of nitrogens with two attached hydrogens (primary N) is 1. The number of rotatable bonds is 2. The standard InChI is InChI=1S/C16H21N3O2/c17-15(20)10-12-4-3-8-18(11-12)16(21)19-9-7-13-5-1-2-6-14(13)19/h1-2,5-6,12H,3-4,7-11H2,(H2,17,20)/t12-/m1/s1. The molecule has 1 aromatic carbocycles. The first kappa shape index (κ1) is 13.9. The number of benzene rings is 1. The van der Waals surface area contributed by atoms with Crippen molar-refractivity contribution in [1.82, 2.24) is 4.90 Å². The fraction of sp³-hybridized carbons (Fsp3) is 0.500.